The van der Waals surface area contributed by atoms with E-state index in [1.54, 1.807) is 11.3 Å². The number of rotatable bonds is 5. The number of aliphatic hydroxyl groups is 1. The van der Waals surface area contributed by atoms with Crippen LogP contribution in [0.3, 0.4) is 0 Å². The van der Waals surface area contributed by atoms with Crippen LogP contribution in [0, 0.1) is 0 Å². The zero-order chi connectivity index (χ0) is 13.8. The molecule has 4 nitrogen and oxygen atoms in total. The van der Waals surface area contributed by atoms with E-state index in [1.807, 2.05) is 29.6 Å². The van der Waals surface area contributed by atoms with Crippen LogP contribution in [-0.2, 0) is 18.0 Å². The normalized spacial score (nSPS) is 18.4. The topological polar surface area (TPSA) is 51.6 Å². The summed E-state index contributed by atoms with van der Waals surface area (Å²) in [5.74, 6) is 0.710. The molecule has 2 heterocycles. The van der Waals surface area contributed by atoms with Crippen LogP contribution in [0.15, 0.2) is 29.6 Å². The summed E-state index contributed by atoms with van der Waals surface area (Å²) in [7, 11) is 0. The predicted molar refractivity (Wildman–Crippen MR) is 76.7 cm³/mol. The summed E-state index contributed by atoms with van der Waals surface area (Å²) in [4.78, 5) is 4.57. The van der Waals surface area contributed by atoms with Gasteiger partial charge in [0.05, 0.1) is 12.3 Å². The van der Waals surface area contributed by atoms with Gasteiger partial charge in [0.2, 0.25) is 0 Å². The molecular formula is C15H17NO3S. The van der Waals surface area contributed by atoms with Gasteiger partial charge < -0.3 is 14.6 Å². The van der Waals surface area contributed by atoms with Crippen molar-refractivity contribution in [3.63, 3.8) is 0 Å². The molecule has 1 aliphatic rings. The Kier molecular flexibility index (Phi) is 4.30. The number of hydrogen-bond acceptors (Lipinski definition) is 5. The van der Waals surface area contributed by atoms with Gasteiger partial charge in [0, 0.05) is 17.6 Å². The first-order chi connectivity index (χ1) is 9.86. The molecule has 106 valence electrons. The number of hydrogen-bond donors (Lipinski definition) is 1. The highest BCUT2D eigenvalue weighted by Gasteiger charge is 2.20. The molecule has 1 aromatic heterocycles. The largest absolute Gasteiger partial charge is 0.487 e. The number of benzene rings is 1. The number of aliphatic hydroxyl groups excluding tert-OH is 1. The van der Waals surface area contributed by atoms with E-state index < -0.39 is 0 Å². The van der Waals surface area contributed by atoms with Crippen molar-refractivity contribution >= 4 is 11.3 Å². The Balaban J connectivity index is 1.63. The van der Waals surface area contributed by atoms with Crippen molar-refractivity contribution in [2.45, 2.75) is 32.2 Å². The molecule has 1 saturated heterocycles. The van der Waals surface area contributed by atoms with Gasteiger partial charge in [-0.3, -0.25) is 0 Å². The van der Waals surface area contributed by atoms with Gasteiger partial charge in [-0.15, -0.1) is 11.3 Å². The van der Waals surface area contributed by atoms with E-state index in [9.17, 15) is 5.11 Å². The molecule has 2 aromatic rings. The summed E-state index contributed by atoms with van der Waals surface area (Å²) in [5, 5.41) is 12.3. The molecule has 20 heavy (non-hydrogen) atoms. The Morgan fingerprint density at radius 1 is 1.40 bits per heavy atom. The van der Waals surface area contributed by atoms with Crippen LogP contribution >= 0.6 is 11.3 Å². The molecule has 0 bridgehead atoms. The molecule has 1 aliphatic heterocycles. The zero-order valence-electron chi connectivity index (χ0n) is 11.1. The minimum absolute atomic E-state index is 0.0194. The van der Waals surface area contributed by atoms with Gasteiger partial charge in [0.1, 0.15) is 23.5 Å². The molecule has 1 atom stereocenters. The Bertz CT molecular complexity index is 564. The lowest BCUT2D eigenvalue weighted by atomic mass is 10.2. The molecule has 0 amide bonds. The van der Waals surface area contributed by atoms with Gasteiger partial charge in [0.25, 0.3) is 0 Å². The molecule has 0 unspecified atom stereocenters. The van der Waals surface area contributed by atoms with E-state index in [1.165, 1.54) is 0 Å². The molecule has 0 aliphatic carbocycles. The van der Waals surface area contributed by atoms with Crippen molar-refractivity contribution in [2.24, 2.45) is 0 Å². The molecule has 1 fully saturated rings. The maximum Gasteiger partial charge on any atom is 0.131 e. The molecule has 0 radical (unpaired) electrons. The summed E-state index contributed by atoms with van der Waals surface area (Å²) < 4.78 is 11.4. The van der Waals surface area contributed by atoms with E-state index >= 15 is 0 Å². The number of ether oxygens (including phenoxy) is 2. The summed E-state index contributed by atoms with van der Waals surface area (Å²) in [6.45, 7) is 1.23. The first-order valence-electron chi connectivity index (χ1n) is 6.74. The third kappa shape index (κ3) is 3.00. The lowest BCUT2D eigenvalue weighted by Gasteiger charge is -2.08. The van der Waals surface area contributed by atoms with Crippen molar-refractivity contribution in [1.82, 2.24) is 4.98 Å². The molecule has 1 N–H and O–H groups in total. The Morgan fingerprint density at radius 3 is 3.10 bits per heavy atom. The van der Waals surface area contributed by atoms with E-state index in [-0.39, 0.29) is 12.7 Å². The number of para-hydroxylation sites is 1. The highest BCUT2D eigenvalue weighted by Crippen LogP contribution is 2.30. The van der Waals surface area contributed by atoms with Crippen molar-refractivity contribution in [1.29, 1.82) is 0 Å². The highest BCUT2D eigenvalue weighted by atomic mass is 32.1. The minimum Gasteiger partial charge on any atom is -0.487 e. The summed E-state index contributed by atoms with van der Waals surface area (Å²) in [5.41, 5.74) is 1.70. The van der Waals surface area contributed by atoms with Crippen LogP contribution in [-0.4, -0.2) is 16.7 Å². The second-order valence-corrected chi connectivity index (χ2v) is 5.62. The van der Waals surface area contributed by atoms with Gasteiger partial charge >= 0.3 is 0 Å². The Labute approximate surface area is 122 Å². The lowest BCUT2D eigenvalue weighted by molar-refractivity contribution is 0.111. The van der Waals surface area contributed by atoms with Gasteiger partial charge in [-0.05, 0) is 18.9 Å². The maximum atomic E-state index is 9.25. The van der Waals surface area contributed by atoms with Crippen LogP contribution < -0.4 is 4.74 Å². The van der Waals surface area contributed by atoms with Crippen molar-refractivity contribution < 1.29 is 14.6 Å². The van der Waals surface area contributed by atoms with Crippen LogP contribution in [0.2, 0.25) is 0 Å². The average molecular weight is 291 g/mol. The first-order valence-corrected chi connectivity index (χ1v) is 7.62. The minimum atomic E-state index is -0.0194. The molecule has 1 aromatic carbocycles. The molecule has 0 spiro atoms. The third-order valence-electron chi connectivity index (χ3n) is 3.29. The monoisotopic (exact) mass is 291 g/mol. The van der Waals surface area contributed by atoms with Gasteiger partial charge in [-0.2, -0.15) is 0 Å². The maximum absolute atomic E-state index is 9.25. The second kappa shape index (κ2) is 6.35. The van der Waals surface area contributed by atoms with E-state index in [4.69, 9.17) is 9.47 Å². The quantitative estimate of drug-likeness (QED) is 0.920. The second-order valence-electron chi connectivity index (χ2n) is 4.73. The molecule has 0 saturated carbocycles. The SMILES string of the molecule is OCc1ccccc1OCc1csc([C@H]2CCCO2)n1. The average Bonchev–Trinajstić information content (AvgIpc) is 3.16. The van der Waals surface area contributed by atoms with Crippen molar-refractivity contribution in [2.75, 3.05) is 6.61 Å². The van der Waals surface area contributed by atoms with Crippen LogP contribution in [0.25, 0.3) is 0 Å². The van der Waals surface area contributed by atoms with Crippen molar-refractivity contribution in [3.05, 3.63) is 45.9 Å². The molecule has 3 rings (SSSR count). The van der Waals surface area contributed by atoms with Gasteiger partial charge in [0.15, 0.2) is 0 Å². The van der Waals surface area contributed by atoms with E-state index in [0.29, 0.717) is 12.4 Å². The summed E-state index contributed by atoms with van der Waals surface area (Å²) in [6, 6.07) is 7.50. The third-order valence-corrected chi connectivity index (χ3v) is 4.28. The fourth-order valence-corrected chi connectivity index (χ4v) is 3.12. The lowest BCUT2D eigenvalue weighted by Crippen LogP contribution is -2.00. The predicted octanol–water partition coefficient (Wildman–Crippen LogP) is 3.07. The summed E-state index contributed by atoms with van der Waals surface area (Å²) in [6.07, 6.45) is 2.33. The van der Waals surface area contributed by atoms with E-state index in [0.717, 1.165) is 35.7 Å². The Morgan fingerprint density at radius 2 is 2.30 bits per heavy atom. The molecule has 5 heteroatoms. The van der Waals surface area contributed by atoms with Crippen molar-refractivity contribution in [3.8, 4) is 5.75 Å². The van der Waals surface area contributed by atoms with Crippen LogP contribution in [0.4, 0.5) is 0 Å². The number of nitrogens with zero attached hydrogens (tertiary/aromatic N) is 1. The van der Waals surface area contributed by atoms with Crippen LogP contribution in [0.5, 0.6) is 5.75 Å². The zero-order valence-corrected chi connectivity index (χ0v) is 11.9. The molecular weight excluding hydrogens is 274 g/mol. The van der Waals surface area contributed by atoms with Gasteiger partial charge in [-0.1, -0.05) is 18.2 Å². The van der Waals surface area contributed by atoms with Gasteiger partial charge in [-0.25, -0.2) is 4.98 Å². The fourth-order valence-electron chi connectivity index (χ4n) is 2.24. The number of thiazole rings is 1. The smallest absolute Gasteiger partial charge is 0.131 e. The van der Waals surface area contributed by atoms with E-state index in [2.05, 4.69) is 4.98 Å². The first kappa shape index (κ1) is 13.5. The highest BCUT2D eigenvalue weighted by molar-refractivity contribution is 7.09. The fraction of sp³-hybridized carbons (Fsp3) is 0.400. The Hall–Kier alpha value is -1.43. The summed E-state index contributed by atoms with van der Waals surface area (Å²) >= 11 is 1.63. The number of aromatic nitrogens is 1. The standard InChI is InChI=1S/C15H17NO3S/c17-8-11-4-1-2-5-13(11)19-9-12-10-20-15(16-12)14-6-3-7-18-14/h1-2,4-5,10,14,17H,3,6-9H2/t14-/m1/s1. The van der Waals surface area contributed by atoms with Crippen LogP contribution in [0.1, 0.15) is 35.2 Å².